The Kier molecular flexibility index (Phi) is 5.63. The number of rotatable bonds is 7. The number of hydrogen-bond acceptors (Lipinski definition) is 2. The second kappa shape index (κ2) is 7.71. The van der Waals surface area contributed by atoms with E-state index in [2.05, 4.69) is 19.1 Å². The first-order chi connectivity index (χ1) is 9.81. The molecule has 0 aliphatic carbocycles. The topological polar surface area (TPSA) is 29.5 Å². The molecule has 0 bridgehead atoms. The third kappa shape index (κ3) is 4.39. The van der Waals surface area contributed by atoms with E-state index in [0.29, 0.717) is 6.61 Å². The smallest absolute Gasteiger partial charge is 0.119 e. The molecule has 0 atom stereocenters. The molecule has 0 aliphatic rings. The van der Waals surface area contributed by atoms with Crippen LogP contribution in [0.5, 0.6) is 5.75 Å². The van der Waals surface area contributed by atoms with Gasteiger partial charge in [0, 0.05) is 0 Å². The molecule has 2 heteroatoms. The van der Waals surface area contributed by atoms with Crippen LogP contribution in [-0.2, 0) is 19.6 Å². The van der Waals surface area contributed by atoms with E-state index in [-0.39, 0.29) is 6.61 Å². The van der Waals surface area contributed by atoms with Gasteiger partial charge in [-0.05, 0) is 41.7 Å². The zero-order valence-electron chi connectivity index (χ0n) is 12.0. The maximum Gasteiger partial charge on any atom is 0.119 e. The van der Waals surface area contributed by atoms with Crippen molar-refractivity contribution < 1.29 is 9.84 Å². The predicted octanol–water partition coefficient (Wildman–Crippen LogP) is 4.10. The fraction of sp³-hybridized carbons (Fsp3) is 0.333. The number of ether oxygens (including phenoxy) is 1. The quantitative estimate of drug-likeness (QED) is 0.820. The lowest BCUT2D eigenvalue weighted by Crippen LogP contribution is -1.96. The molecule has 0 amide bonds. The van der Waals surface area contributed by atoms with E-state index >= 15 is 0 Å². The molecule has 0 radical (unpaired) electrons. The SMILES string of the molecule is CCCCc1ccc(OCc2ccc(CO)cc2)cc1. The molecule has 1 N–H and O–H groups in total. The third-order valence-electron chi connectivity index (χ3n) is 3.35. The molecule has 106 valence electrons. The van der Waals surface area contributed by atoms with Crippen molar-refractivity contribution in [2.24, 2.45) is 0 Å². The Hall–Kier alpha value is -1.80. The Morgan fingerprint density at radius 3 is 2.05 bits per heavy atom. The van der Waals surface area contributed by atoms with E-state index in [4.69, 9.17) is 9.84 Å². The van der Waals surface area contributed by atoms with E-state index in [1.54, 1.807) is 0 Å². The fourth-order valence-electron chi connectivity index (χ4n) is 2.04. The summed E-state index contributed by atoms with van der Waals surface area (Å²) in [6.45, 7) is 2.85. The number of aryl methyl sites for hydroxylation is 1. The highest BCUT2D eigenvalue weighted by atomic mass is 16.5. The van der Waals surface area contributed by atoms with Crippen molar-refractivity contribution in [1.29, 1.82) is 0 Å². The number of aliphatic hydroxyl groups excluding tert-OH is 1. The summed E-state index contributed by atoms with van der Waals surface area (Å²) in [5, 5.41) is 8.99. The average Bonchev–Trinajstić information content (AvgIpc) is 2.52. The summed E-state index contributed by atoms with van der Waals surface area (Å²) < 4.78 is 5.76. The monoisotopic (exact) mass is 270 g/mol. The zero-order chi connectivity index (χ0) is 14.2. The minimum absolute atomic E-state index is 0.0837. The number of hydrogen-bond donors (Lipinski definition) is 1. The summed E-state index contributed by atoms with van der Waals surface area (Å²) in [4.78, 5) is 0. The summed E-state index contributed by atoms with van der Waals surface area (Å²) in [5.74, 6) is 0.900. The van der Waals surface area contributed by atoms with Gasteiger partial charge < -0.3 is 9.84 Å². The Morgan fingerprint density at radius 1 is 0.850 bits per heavy atom. The molecule has 0 aliphatic heterocycles. The van der Waals surface area contributed by atoms with Crippen LogP contribution in [0, 0.1) is 0 Å². The first-order valence-corrected chi connectivity index (χ1v) is 7.22. The lowest BCUT2D eigenvalue weighted by atomic mass is 10.1. The van der Waals surface area contributed by atoms with E-state index < -0.39 is 0 Å². The van der Waals surface area contributed by atoms with Crippen molar-refractivity contribution in [3.8, 4) is 5.75 Å². The molecule has 0 heterocycles. The van der Waals surface area contributed by atoms with E-state index in [1.807, 2.05) is 36.4 Å². The number of benzene rings is 2. The minimum atomic E-state index is 0.0837. The lowest BCUT2D eigenvalue weighted by molar-refractivity contribution is 0.281. The maximum absolute atomic E-state index is 8.99. The molecular weight excluding hydrogens is 248 g/mol. The van der Waals surface area contributed by atoms with Gasteiger partial charge in [-0.25, -0.2) is 0 Å². The largest absolute Gasteiger partial charge is 0.489 e. The molecule has 2 aromatic rings. The highest BCUT2D eigenvalue weighted by molar-refractivity contribution is 5.28. The first kappa shape index (κ1) is 14.6. The molecule has 2 rings (SSSR count). The van der Waals surface area contributed by atoms with Gasteiger partial charge in [0.25, 0.3) is 0 Å². The number of unbranched alkanes of at least 4 members (excludes halogenated alkanes) is 1. The maximum atomic E-state index is 8.99. The van der Waals surface area contributed by atoms with Gasteiger partial charge >= 0.3 is 0 Å². The van der Waals surface area contributed by atoms with Crippen LogP contribution in [0.1, 0.15) is 36.5 Å². The van der Waals surface area contributed by atoms with Crippen LogP contribution >= 0.6 is 0 Å². The highest BCUT2D eigenvalue weighted by Crippen LogP contribution is 2.16. The first-order valence-electron chi connectivity index (χ1n) is 7.22. The third-order valence-corrected chi connectivity index (χ3v) is 3.35. The van der Waals surface area contributed by atoms with Gasteiger partial charge in [0.15, 0.2) is 0 Å². The van der Waals surface area contributed by atoms with Crippen LogP contribution in [0.15, 0.2) is 48.5 Å². The second-order valence-corrected chi connectivity index (χ2v) is 5.01. The van der Waals surface area contributed by atoms with Gasteiger partial charge in [-0.2, -0.15) is 0 Å². The minimum Gasteiger partial charge on any atom is -0.489 e. The molecule has 0 aromatic heterocycles. The van der Waals surface area contributed by atoms with E-state index in [0.717, 1.165) is 23.3 Å². The van der Waals surface area contributed by atoms with E-state index in [9.17, 15) is 0 Å². The summed E-state index contributed by atoms with van der Waals surface area (Å²) in [7, 11) is 0. The Labute approximate surface area is 121 Å². The molecule has 2 aromatic carbocycles. The molecule has 2 nitrogen and oxygen atoms in total. The number of aliphatic hydroxyl groups is 1. The van der Waals surface area contributed by atoms with Gasteiger partial charge in [-0.1, -0.05) is 49.7 Å². The second-order valence-electron chi connectivity index (χ2n) is 5.01. The van der Waals surface area contributed by atoms with E-state index in [1.165, 1.54) is 18.4 Å². The van der Waals surface area contributed by atoms with Crippen LogP contribution in [-0.4, -0.2) is 5.11 Å². The van der Waals surface area contributed by atoms with Crippen molar-refractivity contribution in [2.45, 2.75) is 39.4 Å². The lowest BCUT2D eigenvalue weighted by Gasteiger charge is -2.08. The molecule has 0 saturated carbocycles. The molecule has 0 spiro atoms. The molecule has 0 saturated heterocycles. The predicted molar refractivity (Wildman–Crippen MR) is 81.8 cm³/mol. The molecule has 0 fully saturated rings. The Morgan fingerprint density at radius 2 is 1.45 bits per heavy atom. The summed E-state index contributed by atoms with van der Waals surface area (Å²) in [5.41, 5.74) is 3.40. The summed E-state index contributed by atoms with van der Waals surface area (Å²) >= 11 is 0. The standard InChI is InChI=1S/C18H22O2/c1-2-3-4-15-9-11-18(12-10-15)20-14-17-7-5-16(13-19)6-8-17/h5-12,19H,2-4,13-14H2,1H3. The molecule has 20 heavy (non-hydrogen) atoms. The molecule has 0 unspecified atom stereocenters. The van der Waals surface area contributed by atoms with Gasteiger partial charge in [0.1, 0.15) is 12.4 Å². The van der Waals surface area contributed by atoms with Crippen molar-refractivity contribution in [3.05, 3.63) is 65.2 Å². The summed E-state index contributed by atoms with van der Waals surface area (Å²) in [6.07, 6.45) is 3.60. The normalized spacial score (nSPS) is 10.5. The Balaban J connectivity index is 1.86. The average molecular weight is 270 g/mol. The van der Waals surface area contributed by atoms with Gasteiger partial charge in [0.2, 0.25) is 0 Å². The molecular formula is C18H22O2. The van der Waals surface area contributed by atoms with Crippen LogP contribution in [0.25, 0.3) is 0 Å². The van der Waals surface area contributed by atoms with Gasteiger partial charge in [0.05, 0.1) is 6.61 Å². The highest BCUT2D eigenvalue weighted by Gasteiger charge is 1.98. The zero-order valence-corrected chi connectivity index (χ0v) is 12.0. The van der Waals surface area contributed by atoms with Crippen LogP contribution in [0.2, 0.25) is 0 Å². The van der Waals surface area contributed by atoms with Crippen LogP contribution in [0.3, 0.4) is 0 Å². The van der Waals surface area contributed by atoms with Crippen LogP contribution < -0.4 is 4.74 Å². The van der Waals surface area contributed by atoms with Crippen LogP contribution in [0.4, 0.5) is 0 Å². The summed E-state index contributed by atoms with van der Waals surface area (Å²) in [6, 6.07) is 16.2. The van der Waals surface area contributed by atoms with Gasteiger partial charge in [-0.3, -0.25) is 0 Å². The van der Waals surface area contributed by atoms with Gasteiger partial charge in [-0.15, -0.1) is 0 Å². The Bertz CT molecular complexity index is 500. The van der Waals surface area contributed by atoms with Crippen molar-refractivity contribution in [3.63, 3.8) is 0 Å². The van der Waals surface area contributed by atoms with Crippen molar-refractivity contribution in [1.82, 2.24) is 0 Å². The fourth-order valence-corrected chi connectivity index (χ4v) is 2.04. The van der Waals surface area contributed by atoms with Crippen molar-refractivity contribution in [2.75, 3.05) is 0 Å². The van der Waals surface area contributed by atoms with Crippen molar-refractivity contribution >= 4 is 0 Å².